The Balaban J connectivity index is 2.04. The van der Waals surface area contributed by atoms with Gasteiger partial charge in [-0.2, -0.15) is 5.10 Å². The zero-order valence-electron chi connectivity index (χ0n) is 11.0. The molecule has 1 fully saturated rings. The van der Waals surface area contributed by atoms with Crippen LogP contribution in [-0.4, -0.2) is 33.9 Å². The molecule has 0 saturated carbocycles. The molecule has 2 rings (SSSR count). The smallest absolute Gasteiger partial charge is 0.242 e. The summed E-state index contributed by atoms with van der Waals surface area (Å²) in [5, 5.41) is 7.00. The highest BCUT2D eigenvalue weighted by molar-refractivity contribution is 5.83. The number of hydrogen-bond acceptors (Lipinski definition) is 4. The Labute approximate surface area is 106 Å². The van der Waals surface area contributed by atoms with Gasteiger partial charge in [0.25, 0.3) is 0 Å². The fraction of sp³-hybridized carbons (Fsp3) is 0.667. The lowest BCUT2D eigenvalue weighted by Crippen LogP contribution is -2.53. The maximum Gasteiger partial charge on any atom is 0.242 e. The average Bonchev–Trinajstić information content (AvgIpc) is 2.86. The number of hydrogen-bond donors (Lipinski definition) is 2. The van der Waals surface area contributed by atoms with Crippen molar-refractivity contribution in [2.45, 2.75) is 38.0 Å². The van der Waals surface area contributed by atoms with Crippen LogP contribution in [0, 0.1) is 0 Å². The minimum absolute atomic E-state index is 0.00236. The summed E-state index contributed by atoms with van der Waals surface area (Å²) in [7, 11) is 1.79. The van der Waals surface area contributed by atoms with Crippen molar-refractivity contribution >= 4 is 5.91 Å². The van der Waals surface area contributed by atoms with Gasteiger partial charge in [0, 0.05) is 25.4 Å². The summed E-state index contributed by atoms with van der Waals surface area (Å²) in [6.07, 6.45) is 4.17. The lowest BCUT2D eigenvalue weighted by Gasteiger charge is -2.30. The van der Waals surface area contributed by atoms with E-state index in [-0.39, 0.29) is 17.6 Å². The van der Waals surface area contributed by atoms with E-state index >= 15 is 0 Å². The number of aryl methyl sites for hydroxylation is 1. The Bertz CT molecular complexity index is 445. The molecule has 1 saturated heterocycles. The first-order valence-corrected chi connectivity index (χ1v) is 6.10. The van der Waals surface area contributed by atoms with Gasteiger partial charge in [-0.3, -0.25) is 9.48 Å². The lowest BCUT2D eigenvalue weighted by atomic mass is 9.94. The van der Waals surface area contributed by atoms with E-state index in [9.17, 15) is 4.79 Å². The molecule has 0 bridgehead atoms. The van der Waals surface area contributed by atoms with E-state index in [0.29, 0.717) is 12.2 Å². The lowest BCUT2D eigenvalue weighted by molar-refractivity contribution is -0.124. The molecule has 3 atom stereocenters. The van der Waals surface area contributed by atoms with E-state index in [1.165, 1.54) is 0 Å². The third-order valence-corrected chi connectivity index (χ3v) is 3.66. The molecule has 18 heavy (non-hydrogen) atoms. The maximum atomic E-state index is 12.1. The predicted octanol–water partition coefficient (Wildman–Crippen LogP) is 0.104. The molecule has 1 aliphatic heterocycles. The highest BCUT2D eigenvalue weighted by Gasteiger charge is 2.39. The average molecular weight is 252 g/mol. The standard InChI is InChI=1S/C12H20N4O2/c1-8-12(2,4-5-18-8)15-11(17)10(13)9-6-14-16(3)7-9/h6-8,10H,4-5,13H2,1-3H3,(H,15,17). The molecule has 1 aliphatic rings. The second-order valence-electron chi connectivity index (χ2n) is 5.09. The summed E-state index contributed by atoms with van der Waals surface area (Å²) in [6, 6.07) is -0.691. The number of rotatable bonds is 3. The first-order chi connectivity index (χ1) is 8.42. The predicted molar refractivity (Wildman–Crippen MR) is 66.7 cm³/mol. The highest BCUT2D eigenvalue weighted by atomic mass is 16.5. The molecule has 6 heteroatoms. The number of carbonyl (C=O) groups excluding carboxylic acids is 1. The van der Waals surface area contributed by atoms with E-state index in [0.717, 1.165) is 6.42 Å². The molecule has 1 aromatic heterocycles. The SMILES string of the molecule is CC1OCCC1(C)NC(=O)C(N)c1cnn(C)c1. The van der Waals surface area contributed by atoms with Crippen LogP contribution in [0.5, 0.6) is 0 Å². The normalized spacial score (nSPS) is 29.2. The molecular weight excluding hydrogens is 232 g/mol. The highest BCUT2D eigenvalue weighted by Crippen LogP contribution is 2.25. The van der Waals surface area contributed by atoms with Crippen molar-refractivity contribution in [1.29, 1.82) is 0 Å². The van der Waals surface area contributed by atoms with Crippen molar-refractivity contribution in [2.24, 2.45) is 12.8 Å². The van der Waals surface area contributed by atoms with Gasteiger partial charge in [0.05, 0.1) is 17.8 Å². The summed E-state index contributed by atoms with van der Waals surface area (Å²) in [6.45, 7) is 4.61. The van der Waals surface area contributed by atoms with Crippen LogP contribution in [-0.2, 0) is 16.6 Å². The van der Waals surface area contributed by atoms with Crippen molar-refractivity contribution in [1.82, 2.24) is 15.1 Å². The molecule has 0 spiro atoms. The van der Waals surface area contributed by atoms with E-state index in [2.05, 4.69) is 10.4 Å². The molecule has 0 aliphatic carbocycles. The Morgan fingerprint density at radius 2 is 2.50 bits per heavy atom. The van der Waals surface area contributed by atoms with Gasteiger partial charge in [0.2, 0.25) is 5.91 Å². The molecule has 3 N–H and O–H groups in total. The van der Waals surface area contributed by atoms with Crippen molar-refractivity contribution in [3.63, 3.8) is 0 Å². The zero-order chi connectivity index (χ0) is 13.3. The van der Waals surface area contributed by atoms with Gasteiger partial charge >= 0.3 is 0 Å². The second-order valence-corrected chi connectivity index (χ2v) is 5.09. The molecule has 2 heterocycles. The fourth-order valence-electron chi connectivity index (χ4n) is 2.11. The fourth-order valence-corrected chi connectivity index (χ4v) is 2.11. The molecule has 0 aromatic carbocycles. The Morgan fingerprint density at radius 1 is 1.78 bits per heavy atom. The second kappa shape index (κ2) is 4.70. The van der Waals surface area contributed by atoms with Crippen LogP contribution in [0.25, 0.3) is 0 Å². The topological polar surface area (TPSA) is 82.2 Å². The zero-order valence-corrected chi connectivity index (χ0v) is 11.0. The Kier molecular flexibility index (Phi) is 3.41. The summed E-state index contributed by atoms with van der Waals surface area (Å²) in [4.78, 5) is 12.1. The van der Waals surface area contributed by atoms with E-state index in [4.69, 9.17) is 10.5 Å². The monoisotopic (exact) mass is 252 g/mol. The number of aromatic nitrogens is 2. The van der Waals surface area contributed by atoms with Crippen LogP contribution >= 0.6 is 0 Å². The van der Waals surface area contributed by atoms with Crippen LogP contribution in [0.2, 0.25) is 0 Å². The van der Waals surface area contributed by atoms with E-state index in [1.807, 2.05) is 13.8 Å². The number of nitrogens with zero attached hydrogens (tertiary/aromatic N) is 2. The maximum absolute atomic E-state index is 12.1. The van der Waals surface area contributed by atoms with Crippen molar-refractivity contribution in [2.75, 3.05) is 6.61 Å². The first-order valence-electron chi connectivity index (χ1n) is 6.10. The summed E-state index contributed by atoms with van der Waals surface area (Å²) >= 11 is 0. The number of nitrogens with two attached hydrogens (primary N) is 1. The summed E-state index contributed by atoms with van der Waals surface area (Å²) in [5.41, 5.74) is 6.30. The third kappa shape index (κ3) is 2.39. The van der Waals surface area contributed by atoms with Gasteiger partial charge in [-0.05, 0) is 20.3 Å². The van der Waals surface area contributed by atoms with Crippen molar-refractivity contribution < 1.29 is 9.53 Å². The Hall–Kier alpha value is -1.40. The quantitative estimate of drug-likeness (QED) is 0.799. The van der Waals surface area contributed by atoms with Gasteiger partial charge in [-0.15, -0.1) is 0 Å². The molecule has 1 amide bonds. The summed E-state index contributed by atoms with van der Waals surface area (Å²) in [5.74, 6) is -0.192. The van der Waals surface area contributed by atoms with Crippen molar-refractivity contribution in [3.05, 3.63) is 18.0 Å². The number of ether oxygens (including phenoxy) is 1. The Morgan fingerprint density at radius 3 is 3.00 bits per heavy atom. The van der Waals surface area contributed by atoms with Gasteiger partial charge < -0.3 is 15.8 Å². The molecule has 3 unspecified atom stereocenters. The molecule has 1 aromatic rings. The van der Waals surface area contributed by atoms with Crippen LogP contribution in [0.3, 0.4) is 0 Å². The van der Waals surface area contributed by atoms with Crippen LogP contribution in [0.15, 0.2) is 12.4 Å². The minimum atomic E-state index is -0.691. The number of carbonyl (C=O) groups is 1. The molecule has 0 radical (unpaired) electrons. The van der Waals surface area contributed by atoms with E-state index < -0.39 is 6.04 Å². The number of amides is 1. The van der Waals surface area contributed by atoms with Crippen LogP contribution < -0.4 is 11.1 Å². The van der Waals surface area contributed by atoms with Gasteiger partial charge in [-0.25, -0.2) is 0 Å². The van der Waals surface area contributed by atoms with Gasteiger partial charge in [0.15, 0.2) is 0 Å². The number of nitrogens with one attached hydrogen (secondary N) is 1. The molecule has 6 nitrogen and oxygen atoms in total. The van der Waals surface area contributed by atoms with E-state index in [1.54, 1.807) is 24.1 Å². The van der Waals surface area contributed by atoms with Gasteiger partial charge in [0.1, 0.15) is 6.04 Å². The third-order valence-electron chi connectivity index (χ3n) is 3.66. The molecule has 100 valence electrons. The van der Waals surface area contributed by atoms with Crippen LogP contribution in [0.1, 0.15) is 31.9 Å². The minimum Gasteiger partial charge on any atom is -0.376 e. The van der Waals surface area contributed by atoms with Crippen LogP contribution in [0.4, 0.5) is 0 Å². The van der Waals surface area contributed by atoms with Crippen molar-refractivity contribution in [3.8, 4) is 0 Å². The van der Waals surface area contributed by atoms with Gasteiger partial charge in [-0.1, -0.05) is 0 Å². The first kappa shape index (κ1) is 13.0. The molecular formula is C12H20N4O2. The summed E-state index contributed by atoms with van der Waals surface area (Å²) < 4.78 is 7.12. The largest absolute Gasteiger partial charge is 0.376 e.